The van der Waals surface area contributed by atoms with Crippen LogP contribution in [0.3, 0.4) is 0 Å². The summed E-state index contributed by atoms with van der Waals surface area (Å²) in [7, 11) is 7.33. The number of ether oxygens (including phenoxy) is 2. The number of nitrogens with one attached hydrogen (secondary N) is 2. The highest BCUT2D eigenvalue weighted by Gasteiger charge is 2.17. The van der Waals surface area contributed by atoms with E-state index in [1.807, 2.05) is 39.2 Å². The quantitative estimate of drug-likeness (QED) is 0.294. The number of nitrogens with zero attached hydrogens (tertiary/aromatic N) is 2. The smallest absolute Gasteiger partial charge is 0.191 e. The fourth-order valence-electron chi connectivity index (χ4n) is 2.95. The number of hydrogen-bond acceptors (Lipinski definition) is 4. The van der Waals surface area contributed by atoms with Gasteiger partial charge in [0.1, 0.15) is 5.82 Å². The van der Waals surface area contributed by atoms with E-state index >= 15 is 0 Å². The first kappa shape index (κ1) is 26.0. The van der Waals surface area contributed by atoms with Crippen LogP contribution in [0.1, 0.15) is 24.1 Å². The molecule has 2 aromatic carbocycles. The van der Waals surface area contributed by atoms with Crippen molar-refractivity contribution in [2.45, 2.75) is 19.5 Å². The molecule has 0 amide bonds. The summed E-state index contributed by atoms with van der Waals surface area (Å²) < 4.78 is 23.8. The van der Waals surface area contributed by atoms with Crippen molar-refractivity contribution in [3.8, 4) is 11.5 Å². The third kappa shape index (κ3) is 7.64. The van der Waals surface area contributed by atoms with Crippen LogP contribution in [0, 0.1) is 5.82 Å². The summed E-state index contributed by atoms with van der Waals surface area (Å²) in [4.78, 5) is 6.74. The van der Waals surface area contributed by atoms with Crippen molar-refractivity contribution in [2.24, 2.45) is 4.99 Å². The van der Waals surface area contributed by atoms with E-state index in [9.17, 15) is 4.39 Å². The number of benzene rings is 2. The summed E-state index contributed by atoms with van der Waals surface area (Å²) in [5.41, 5.74) is 2.06. The van der Waals surface area contributed by atoms with Gasteiger partial charge in [0.05, 0.1) is 26.8 Å². The van der Waals surface area contributed by atoms with E-state index in [1.165, 1.54) is 12.1 Å². The maximum absolute atomic E-state index is 13.1. The summed E-state index contributed by atoms with van der Waals surface area (Å²) >= 11 is 0. The number of likely N-dealkylation sites (N-methyl/N-ethyl adjacent to an activating group) is 1. The van der Waals surface area contributed by atoms with Crippen molar-refractivity contribution >= 4 is 29.9 Å². The van der Waals surface area contributed by atoms with Crippen LogP contribution in [0.25, 0.3) is 0 Å². The third-order valence-electron chi connectivity index (χ3n) is 4.56. The van der Waals surface area contributed by atoms with Crippen molar-refractivity contribution < 1.29 is 13.9 Å². The molecule has 0 heterocycles. The molecule has 2 rings (SSSR count). The minimum atomic E-state index is -0.244. The largest absolute Gasteiger partial charge is 0.493 e. The minimum absolute atomic E-state index is 0. The number of rotatable bonds is 9. The maximum atomic E-state index is 13.1. The summed E-state index contributed by atoms with van der Waals surface area (Å²) in [6.07, 6.45) is 0. The van der Waals surface area contributed by atoms with Gasteiger partial charge in [0.25, 0.3) is 0 Å². The first-order valence-corrected chi connectivity index (χ1v) is 9.63. The van der Waals surface area contributed by atoms with E-state index in [0.717, 1.165) is 17.7 Å². The number of guanidine groups is 1. The van der Waals surface area contributed by atoms with Gasteiger partial charge in [-0.1, -0.05) is 18.2 Å². The Morgan fingerprint density at radius 3 is 2.27 bits per heavy atom. The molecule has 0 saturated carbocycles. The van der Waals surface area contributed by atoms with Gasteiger partial charge in [0, 0.05) is 13.1 Å². The van der Waals surface area contributed by atoms with Crippen molar-refractivity contribution in [3.63, 3.8) is 0 Å². The van der Waals surface area contributed by atoms with E-state index in [-0.39, 0.29) is 35.8 Å². The van der Waals surface area contributed by atoms with Gasteiger partial charge < -0.3 is 25.0 Å². The lowest BCUT2D eigenvalue weighted by Crippen LogP contribution is -2.41. The SMILES string of the molecule is CCNC(=NCc1ccc(F)cc1)NCC(c1ccc(OC)c(OC)c1)N(C)C.I. The number of aliphatic imine (C=N–C) groups is 1. The molecule has 0 aromatic heterocycles. The zero-order valence-electron chi connectivity index (χ0n) is 18.2. The monoisotopic (exact) mass is 530 g/mol. The Bertz CT molecular complexity index is 800. The second kappa shape index (κ2) is 13.3. The van der Waals surface area contributed by atoms with Gasteiger partial charge >= 0.3 is 0 Å². The molecule has 0 saturated heterocycles. The van der Waals surface area contributed by atoms with Crippen molar-refractivity contribution in [1.29, 1.82) is 0 Å². The molecule has 0 spiro atoms. The van der Waals surface area contributed by atoms with Crippen LogP contribution in [-0.4, -0.2) is 52.3 Å². The molecular formula is C22H32FIN4O2. The first-order valence-electron chi connectivity index (χ1n) is 9.63. The lowest BCUT2D eigenvalue weighted by molar-refractivity contribution is 0.295. The molecule has 0 aliphatic heterocycles. The van der Waals surface area contributed by atoms with Gasteiger partial charge in [-0.05, 0) is 56.4 Å². The molecule has 1 unspecified atom stereocenters. The minimum Gasteiger partial charge on any atom is -0.493 e. The average Bonchev–Trinajstić information content (AvgIpc) is 2.72. The average molecular weight is 530 g/mol. The van der Waals surface area contributed by atoms with Crippen LogP contribution >= 0.6 is 24.0 Å². The van der Waals surface area contributed by atoms with Crippen LogP contribution in [0.4, 0.5) is 4.39 Å². The predicted octanol–water partition coefficient (Wildman–Crippen LogP) is 3.82. The van der Waals surface area contributed by atoms with Crippen LogP contribution < -0.4 is 20.1 Å². The highest BCUT2D eigenvalue weighted by atomic mass is 127. The van der Waals surface area contributed by atoms with Gasteiger partial charge in [0.15, 0.2) is 17.5 Å². The maximum Gasteiger partial charge on any atom is 0.191 e. The molecule has 8 heteroatoms. The topological polar surface area (TPSA) is 58.1 Å². The highest BCUT2D eigenvalue weighted by Crippen LogP contribution is 2.31. The molecule has 0 bridgehead atoms. The molecule has 0 radical (unpaired) electrons. The van der Waals surface area contributed by atoms with Crippen LogP contribution in [-0.2, 0) is 6.54 Å². The number of methoxy groups -OCH3 is 2. The molecule has 0 fully saturated rings. The highest BCUT2D eigenvalue weighted by molar-refractivity contribution is 14.0. The molecule has 2 N–H and O–H groups in total. The molecule has 2 aromatic rings. The Balaban J connectivity index is 0.00000450. The van der Waals surface area contributed by atoms with Crippen molar-refractivity contribution in [3.05, 3.63) is 59.4 Å². The fraction of sp³-hybridized carbons (Fsp3) is 0.409. The lowest BCUT2D eigenvalue weighted by Gasteiger charge is -2.26. The Kier molecular flexibility index (Phi) is 11.5. The van der Waals surface area contributed by atoms with Crippen LogP contribution in [0.5, 0.6) is 11.5 Å². The van der Waals surface area contributed by atoms with Gasteiger partial charge in [-0.15, -0.1) is 24.0 Å². The van der Waals surface area contributed by atoms with E-state index < -0.39 is 0 Å². The molecule has 0 aliphatic carbocycles. The predicted molar refractivity (Wildman–Crippen MR) is 131 cm³/mol. The summed E-state index contributed by atoms with van der Waals surface area (Å²) in [6.45, 7) is 3.89. The Morgan fingerprint density at radius 2 is 1.70 bits per heavy atom. The van der Waals surface area contributed by atoms with Gasteiger partial charge in [0.2, 0.25) is 0 Å². The number of halogens is 2. The molecule has 1 atom stereocenters. The third-order valence-corrected chi connectivity index (χ3v) is 4.56. The summed E-state index contributed by atoms with van der Waals surface area (Å²) in [5, 5.41) is 6.65. The zero-order valence-corrected chi connectivity index (χ0v) is 20.6. The Hall–Kier alpha value is -2.07. The van der Waals surface area contributed by atoms with Gasteiger partial charge in [-0.25, -0.2) is 9.38 Å². The zero-order chi connectivity index (χ0) is 21.2. The molecule has 30 heavy (non-hydrogen) atoms. The van der Waals surface area contributed by atoms with Crippen molar-refractivity contribution in [2.75, 3.05) is 41.4 Å². The molecule has 6 nitrogen and oxygen atoms in total. The molecule has 166 valence electrons. The summed E-state index contributed by atoms with van der Waals surface area (Å²) in [6, 6.07) is 12.4. The van der Waals surface area contributed by atoms with Crippen molar-refractivity contribution in [1.82, 2.24) is 15.5 Å². The van der Waals surface area contributed by atoms with Gasteiger partial charge in [-0.3, -0.25) is 0 Å². The Labute approximate surface area is 195 Å². The van der Waals surface area contributed by atoms with E-state index in [1.54, 1.807) is 26.4 Å². The van der Waals surface area contributed by atoms with Gasteiger partial charge in [-0.2, -0.15) is 0 Å². The van der Waals surface area contributed by atoms with Crippen LogP contribution in [0.2, 0.25) is 0 Å². The van der Waals surface area contributed by atoms with Crippen LogP contribution in [0.15, 0.2) is 47.5 Å². The molecular weight excluding hydrogens is 498 g/mol. The summed E-state index contributed by atoms with van der Waals surface area (Å²) in [5.74, 6) is 1.88. The lowest BCUT2D eigenvalue weighted by atomic mass is 10.1. The van der Waals surface area contributed by atoms with E-state index in [4.69, 9.17) is 9.47 Å². The fourth-order valence-corrected chi connectivity index (χ4v) is 2.95. The first-order chi connectivity index (χ1) is 14.0. The number of hydrogen-bond donors (Lipinski definition) is 2. The molecule has 0 aliphatic rings. The van der Waals surface area contributed by atoms with E-state index in [2.05, 4.69) is 20.5 Å². The second-order valence-corrected chi connectivity index (χ2v) is 6.80. The second-order valence-electron chi connectivity index (χ2n) is 6.80. The Morgan fingerprint density at radius 1 is 1.03 bits per heavy atom. The van der Waals surface area contributed by atoms with E-state index in [0.29, 0.717) is 30.5 Å². The standard InChI is InChI=1S/C22H31FN4O2.HI/c1-6-24-22(25-14-16-7-10-18(23)11-8-16)26-15-19(27(2)3)17-9-12-20(28-4)21(13-17)29-5;/h7-13,19H,6,14-15H2,1-5H3,(H2,24,25,26);1H. The normalized spacial score (nSPS) is 12.2.